The van der Waals surface area contributed by atoms with Gasteiger partial charge in [0.1, 0.15) is 16.1 Å². The molecule has 0 radical (unpaired) electrons. The average molecular weight is 415 g/mol. The first-order valence-corrected chi connectivity index (χ1v) is 11.9. The number of ether oxygens (including phenoxy) is 1. The van der Waals surface area contributed by atoms with Gasteiger partial charge in [-0.3, -0.25) is 9.55 Å². The van der Waals surface area contributed by atoms with Gasteiger partial charge in [-0.05, 0) is 47.7 Å². The molecule has 0 aliphatic carbocycles. The van der Waals surface area contributed by atoms with Crippen LogP contribution >= 0.6 is 22.6 Å². The van der Waals surface area contributed by atoms with Crippen LogP contribution in [0.1, 0.15) is 5.69 Å². The monoisotopic (exact) mass is 415 g/mol. The number of aryl methyl sites for hydroxylation is 1. The molecule has 6 heteroatoms. The SMILES string of the molecule is Cc1nc(-c2ccccn2)n(COCC[Si](C)(C)C)c1I. The van der Waals surface area contributed by atoms with E-state index in [2.05, 4.69) is 56.8 Å². The molecule has 0 aliphatic heterocycles. The Morgan fingerprint density at radius 3 is 2.67 bits per heavy atom. The number of nitrogens with zero attached hydrogens (tertiary/aromatic N) is 3. The predicted molar refractivity (Wildman–Crippen MR) is 97.0 cm³/mol. The van der Waals surface area contributed by atoms with Crippen LogP contribution in [0.3, 0.4) is 0 Å². The summed E-state index contributed by atoms with van der Waals surface area (Å²) in [5, 5.41) is 0. The van der Waals surface area contributed by atoms with Gasteiger partial charge in [-0.15, -0.1) is 0 Å². The largest absolute Gasteiger partial charge is 0.361 e. The fourth-order valence-corrected chi connectivity index (χ4v) is 3.14. The highest BCUT2D eigenvalue weighted by Gasteiger charge is 2.16. The quantitative estimate of drug-likeness (QED) is 0.404. The Hall–Kier alpha value is -0.733. The summed E-state index contributed by atoms with van der Waals surface area (Å²) in [5.74, 6) is 0.880. The van der Waals surface area contributed by atoms with E-state index >= 15 is 0 Å². The van der Waals surface area contributed by atoms with E-state index in [-0.39, 0.29) is 0 Å². The normalized spacial score (nSPS) is 11.9. The van der Waals surface area contributed by atoms with Crippen molar-refractivity contribution in [3.63, 3.8) is 0 Å². The Bertz CT molecular complexity index is 593. The Balaban J connectivity index is 2.12. The standard InChI is InChI=1S/C15H22IN3OSi/c1-12-14(16)19(11-20-9-10-21(2,3)4)15(18-12)13-7-5-6-8-17-13/h5-8H,9-11H2,1-4H3. The molecule has 0 aromatic carbocycles. The zero-order chi connectivity index (χ0) is 15.5. The summed E-state index contributed by atoms with van der Waals surface area (Å²) in [4.78, 5) is 9.03. The van der Waals surface area contributed by atoms with E-state index in [4.69, 9.17) is 4.74 Å². The molecule has 0 bridgehead atoms. The van der Waals surface area contributed by atoms with Crippen LogP contribution in [-0.4, -0.2) is 29.2 Å². The van der Waals surface area contributed by atoms with Crippen LogP contribution in [0, 0.1) is 10.6 Å². The van der Waals surface area contributed by atoms with E-state index in [1.54, 1.807) is 6.20 Å². The first-order chi connectivity index (χ1) is 9.88. The van der Waals surface area contributed by atoms with Crippen molar-refractivity contribution >= 4 is 30.7 Å². The smallest absolute Gasteiger partial charge is 0.161 e. The van der Waals surface area contributed by atoms with Crippen molar-refractivity contribution in [3.8, 4) is 11.5 Å². The Labute approximate surface area is 141 Å². The fourth-order valence-electron chi connectivity index (χ4n) is 1.90. The van der Waals surface area contributed by atoms with Crippen molar-refractivity contribution in [3.05, 3.63) is 33.8 Å². The first-order valence-electron chi connectivity index (χ1n) is 7.10. The molecule has 2 rings (SSSR count). The lowest BCUT2D eigenvalue weighted by molar-refractivity contribution is 0.0866. The van der Waals surface area contributed by atoms with Crippen LogP contribution < -0.4 is 0 Å². The molecule has 0 aliphatic rings. The molecule has 4 nitrogen and oxygen atoms in total. The minimum Gasteiger partial charge on any atom is -0.361 e. The molecule has 114 valence electrons. The van der Waals surface area contributed by atoms with Gasteiger partial charge < -0.3 is 4.74 Å². The third-order valence-corrected chi connectivity index (χ3v) is 6.24. The van der Waals surface area contributed by atoms with Gasteiger partial charge in [0.15, 0.2) is 5.82 Å². The van der Waals surface area contributed by atoms with Crippen LogP contribution in [0.15, 0.2) is 24.4 Å². The van der Waals surface area contributed by atoms with E-state index < -0.39 is 8.07 Å². The average Bonchev–Trinajstić information content (AvgIpc) is 2.71. The molecule has 0 saturated heterocycles. The van der Waals surface area contributed by atoms with Gasteiger partial charge in [0.25, 0.3) is 0 Å². The molecule has 0 spiro atoms. The predicted octanol–water partition coefficient (Wildman–Crippen LogP) is 4.17. The second kappa shape index (κ2) is 7.02. The lowest BCUT2D eigenvalue weighted by Gasteiger charge is -2.16. The number of pyridine rings is 1. The second-order valence-corrected chi connectivity index (χ2v) is 12.9. The Morgan fingerprint density at radius 1 is 1.29 bits per heavy atom. The van der Waals surface area contributed by atoms with Crippen molar-refractivity contribution in [2.75, 3.05) is 6.61 Å². The van der Waals surface area contributed by atoms with E-state index in [1.165, 1.54) is 6.04 Å². The topological polar surface area (TPSA) is 39.9 Å². The lowest BCUT2D eigenvalue weighted by atomic mass is 10.3. The number of hydrogen-bond acceptors (Lipinski definition) is 3. The van der Waals surface area contributed by atoms with Crippen LogP contribution in [-0.2, 0) is 11.5 Å². The molecule has 2 aromatic rings. The van der Waals surface area contributed by atoms with Crippen LogP contribution in [0.25, 0.3) is 11.5 Å². The molecule has 0 amide bonds. The summed E-state index contributed by atoms with van der Waals surface area (Å²) in [6.45, 7) is 10.5. The molecule has 21 heavy (non-hydrogen) atoms. The minimum atomic E-state index is -1.05. The van der Waals surface area contributed by atoms with Gasteiger partial charge in [0.05, 0.1) is 5.69 Å². The number of halogens is 1. The van der Waals surface area contributed by atoms with E-state index in [9.17, 15) is 0 Å². The molecular weight excluding hydrogens is 393 g/mol. The van der Waals surface area contributed by atoms with Gasteiger partial charge in [0, 0.05) is 20.9 Å². The highest BCUT2D eigenvalue weighted by Crippen LogP contribution is 2.22. The maximum Gasteiger partial charge on any atom is 0.161 e. The number of imidazole rings is 1. The van der Waals surface area contributed by atoms with Crippen molar-refractivity contribution in [2.24, 2.45) is 0 Å². The van der Waals surface area contributed by atoms with Gasteiger partial charge in [-0.25, -0.2) is 4.98 Å². The minimum absolute atomic E-state index is 0.537. The molecule has 2 aromatic heterocycles. The first kappa shape index (κ1) is 16.6. The zero-order valence-corrected chi connectivity index (χ0v) is 16.2. The number of rotatable bonds is 6. The molecule has 0 N–H and O–H groups in total. The maximum absolute atomic E-state index is 5.88. The lowest BCUT2D eigenvalue weighted by Crippen LogP contribution is -2.22. The van der Waals surface area contributed by atoms with Crippen LogP contribution in [0.4, 0.5) is 0 Å². The summed E-state index contributed by atoms with van der Waals surface area (Å²) >= 11 is 2.32. The van der Waals surface area contributed by atoms with Crippen molar-refractivity contribution < 1.29 is 4.74 Å². The number of aromatic nitrogens is 3. The van der Waals surface area contributed by atoms with Gasteiger partial charge in [-0.1, -0.05) is 25.7 Å². The summed E-state index contributed by atoms with van der Waals surface area (Å²) < 4.78 is 9.09. The van der Waals surface area contributed by atoms with Crippen LogP contribution in [0.5, 0.6) is 0 Å². The molecule has 0 fully saturated rings. The van der Waals surface area contributed by atoms with Crippen molar-refractivity contribution in [1.82, 2.24) is 14.5 Å². The van der Waals surface area contributed by atoms with Gasteiger partial charge in [-0.2, -0.15) is 0 Å². The summed E-state index contributed by atoms with van der Waals surface area (Å²) in [6, 6.07) is 7.06. The Kier molecular flexibility index (Phi) is 5.56. The Morgan fingerprint density at radius 2 is 2.05 bits per heavy atom. The molecule has 0 saturated carbocycles. The van der Waals surface area contributed by atoms with E-state index in [0.29, 0.717) is 6.73 Å². The third kappa shape index (κ3) is 4.62. The summed E-state index contributed by atoms with van der Waals surface area (Å²) in [6.07, 6.45) is 1.79. The second-order valence-electron chi connectivity index (χ2n) is 6.30. The molecule has 2 heterocycles. The molecule has 0 atom stereocenters. The van der Waals surface area contributed by atoms with Crippen molar-refractivity contribution in [2.45, 2.75) is 39.3 Å². The highest BCUT2D eigenvalue weighted by molar-refractivity contribution is 14.1. The summed E-state index contributed by atoms with van der Waals surface area (Å²) in [7, 11) is -1.05. The fraction of sp³-hybridized carbons (Fsp3) is 0.467. The van der Waals surface area contributed by atoms with Gasteiger partial charge in [0.2, 0.25) is 0 Å². The van der Waals surface area contributed by atoms with Gasteiger partial charge >= 0.3 is 0 Å². The van der Waals surface area contributed by atoms with Crippen LogP contribution in [0.2, 0.25) is 25.7 Å². The highest BCUT2D eigenvalue weighted by atomic mass is 127. The van der Waals surface area contributed by atoms with E-state index in [0.717, 1.165) is 27.5 Å². The maximum atomic E-state index is 5.88. The summed E-state index contributed by atoms with van der Waals surface area (Å²) in [5.41, 5.74) is 1.90. The third-order valence-electron chi connectivity index (χ3n) is 3.18. The van der Waals surface area contributed by atoms with Crippen molar-refractivity contribution in [1.29, 1.82) is 0 Å². The number of hydrogen-bond donors (Lipinski definition) is 0. The molecule has 0 unspecified atom stereocenters. The zero-order valence-electron chi connectivity index (χ0n) is 13.1. The molecular formula is C15H22IN3OSi. The van der Waals surface area contributed by atoms with E-state index in [1.807, 2.05) is 25.1 Å².